The molecule has 1 atom stereocenters. The topological polar surface area (TPSA) is 38.3 Å². The molecule has 6 heteroatoms. The monoisotopic (exact) mass is 291 g/mol. The van der Waals surface area contributed by atoms with Crippen molar-refractivity contribution < 1.29 is 18.3 Å². The van der Waals surface area contributed by atoms with Crippen LogP contribution in [0.1, 0.15) is 6.42 Å². The highest BCUT2D eigenvalue weighted by Crippen LogP contribution is 2.07. The first-order valence-electron chi connectivity index (χ1n) is 5.78. The van der Waals surface area contributed by atoms with E-state index in [2.05, 4.69) is 22.7 Å². The van der Waals surface area contributed by atoms with Gasteiger partial charge in [0.25, 0.3) is 0 Å². The minimum Gasteiger partial charge on any atom is -0.469 e. The van der Waals surface area contributed by atoms with Crippen molar-refractivity contribution in [3.05, 3.63) is 35.9 Å². The van der Waals surface area contributed by atoms with E-state index in [1.165, 1.54) is 25.3 Å². The summed E-state index contributed by atoms with van der Waals surface area (Å²) in [6.07, 6.45) is 2.62. The maximum atomic E-state index is 11.9. The lowest BCUT2D eigenvalue weighted by atomic mass is 10.1. The summed E-state index contributed by atoms with van der Waals surface area (Å²) in [5.74, 6) is -1.05. The van der Waals surface area contributed by atoms with Gasteiger partial charge in [-0.05, 0) is 31.4 Å². The average molecular weight is 291 g/mol. The summed E-state index contributed by atoms with van der Waals surface area (Å²) in [5, 5.41) is 3.09. The maximum Gasteiger partial charge on any atom is 0.309 e. The summed E-state index contributed by atoms with van der Waals surface area (Å²) in [5.41, 5.74) is 0. The van der Waals surface area contributed by atoms with Crippen molar-refractivity contribution in [1.82, 2.24) is 5.32 Å². The lowest BCUT2D eigenvalue weighted by Crippen LogP contribution is -2.18. The van der Waals surface area contributed by atoms with Crippen LogP contribution in [0.3, 0.4) is 0 Å². The molecule has 19 heavy (non-hydrogen) atoms. The number of carbonyl (C=O) groups is 1. The third kappa shape index (κ3) is 7.79. The van der Waals surface area contributed by atoms with Gasteiger partial charge in [-0.15, -0.1) is 0 Å². The quantitative estimate of drug-likeness (QED) is 0.616. The Balaban J connectivity index is 0.000000303. The van der Waals surface area contributed by atoms with E-state index in [1.807, 2.05) is 0 Å². The summed E-state index contributed by atoms with van der Waals surface area (Å²) in [4.78, 5) is 10.8. The van der Waals surface area contributed by atoms with Crippen molar-refractivity contribution in [3.8, 4) is 0 Å². The number of hydrogen-bond acceptors (Lipinski definition) is 4. The van der Waals surface area contributed by atoms with E-state index in [0.717, 1.165) is 25.6 Å². The van der Waals surface area contributed by atoms with Gasteiger partial charge in [0.15, 0.2) is 0 Å². The van der Waals surface area contributed by atoms with E-state index < -0.39 is 11.6 Å². The molecular weight excluding hydrogens is 272 g/mol. The molecule has 0 aromatic heterocycles. The molecule has 0 radical (unpaired) electrons. The molecule has 0 spiro atoms. The summed E-state index contributed by atoms with van der Waals surface area (Å²) < 4.78 is 28.4. The molecule has 1 aromatic rings. The van der Waals surface area contributed by atoms with Crippen molar-refractivity contribution >= 4 is 18.6 Å². The number of halogens is 2. The first kappa shape index (κ1) is 17.9. The number of benzene rings is 1. The van der Waals surface area contributed by atoms with Gasteiger partial charge in [0.2, 0.25) is 0 Å². The molecule has 1 N–H and O–H groups in total. The molecular formula is C13H19F2NO2S. The van der Waals surface area contributed by atoms with E-state index in [-0.39, 0.29) is 11.9 Å². The maximum absolute atomic E-state index is 11.9. The zero-order valence-corrected chi connectivity index (χ0v) is 11.9. The minimum absolute atomic E-state index is 0.0833. The smallest absolute Gasteiger partial charge is 0.309 e. The van der Waals surface area contributed by atoms with Crippen molar-refractivity contribution in [2.75, 3.05) is 26.5 Å². The van der Waals surface area contributed by atoms with Crippen LogP contribution in [0.5, 0.6) is 0 Å². The minimum atomic E-state index is -0.537. The molecule has 0 amide bonds. The van der Waals surface area contributed by atoms with Crippen molar-refractivity contribution in [3.63, 3.8) is 0 Å². The van der Waals surface area contributed by atoms with Crippen LogP contribution in [0.25, 0.3) is 0 Å². The molecule has 1 aromatic carbocycles. The number of nitrogens with one attached hydrogen (secondary N) is 1. The van der Waals surface area contributed by atoms with E-state index in [1.54, 1.807) is 6.26 Å². The van der Waals surface area contributed by atoms with Gasteiger partial charge >= 0.3 is 5.97 Å². The highest BCUT2D eigenvalue weighted by molar-refractivity contribution is 7.79. The largest absolute Gasteiger partial charge is 0.469 e. The zero-order valence-electron chi connectivity index (χ0n) is 11.0. The van der Waals surface area contributed by atoms with Gasteiger partial charge in [-0.3, -0.25) is 4.79 Å². The molecule has 1 unspecified atom stereocenters. The number of hydrogen-bond donors (Lipinski definition) is 2. The molecule has 1 heterocycles. The third-order valence-corrected chi connectivity index (χ3v) is 2.38. The standard InChI is InChI=1S/C6H4F2.C6H11NO2.CH4S/c7-5-2-1-3-6(8)4-5;1-9-6(8)5-2-3-7-4-5;1-2/h1-4H;5,7H,2-4H2,1H3;2H,1H3. The Kier molecular flexibility index (Phi) is 10.1. The van der Waals surface area contributed by atoms with Gasteiger partial charge in [0.05, 0.1) is 13.0 Å². The van der Waals surface area contributed by atoms with Crippen molar-refractivity contribution in [1.29, 1.82) is 0 Å². The summed E-state index contributed by atoms with van der Waals surface area (Å²) in [6.45, 7) is 1.73. The zero-order chi connectivity index (χ0) is 14.7. The van der Waals surface area contributed by atoms with Crippen LogP contribution in [0.2, 0.25) is 0 Å². The van der Waals surface area contributed by atoms with Crippen LogP contribution in [0.4, 0.5) is 8.78 Å². The van der Waals surface area contributed by atoms with Crippen molar-refractivity contribution in [2.24, 2.45) is 5.92 Å². The first-order chi connectivity index (χ1) is 9.13. The highest BCUT2D eigenvalue weighted by Gasteiger charge is 2.22. The normalized spacial score (nSPS) is 16.6. The fourth-order valence-corrected chi connectivity index (χ4v) is 1.48. The number of rotatable bonds is 1. The van der Waals surface area contributed by atoms with Crippen LogP contribution in [-0.2, 0) is 9.53 Å². The van der Waals surface area contributed by atoms with Gasteiger partial charge in [0.1, 0.15) is 11.6 Å². The fraction of sp³-hybridized carbons (Fsp3) is 0.462. The predicted molar refractivity (Wildman–Crippen MR) is 74.3 cm³/mol. The van der Waals surface area contributed by atoms with E-state index in [4.69, 9.17) is 0 Å². The van der Waals surface area contributed by atoms with Gasteiger partial charge in [0, 0.05) is 12.6 Å². The van der Waals surface area contributed by atoms with Crippen LogP contribution in [0, 0.1) is 17.6 Å². The molecule has 1 fully saturated rings. The summed E-state index contributed by atoms with van der Waals surface area (Å²) in [7, 11) is 1.43. The SMILES string of the molecule is COC(=O)C1CCNC1.CS.Fc1cccc(F)c1. The average Bonchev–Trinajstić information content (AvgIpc) is 2.94. The van der Waals surface area contributed by atoms with Crippen LogP contribution < -0.4 is 5.32 Å². The Morgan fingerprint density at radius 3 is 2.26 bits per heavy atom. The van der Waals surface area contributed by atoms with Crippen molar-refractivity contribution in [2.45, 2.75) is 6.42 Å². The molecule has 0 bridgehead atoms. The second kappa shape index (κ2) is 10.8. The number of methoxy groups -OCH3 is 1. The lowest BCUT2D eigenvalue weighted by molar-refractivity contribution is -0.144. The first-order valence-corrected chi connectivity index (χ1v) is 6.67. The van der Waals surface area contributed by atoms with Crippen LogP contribution in [-0.4, -0.2) is 32.4 Å². The molecule has 1 aliphatic heterocycles. The molecule has 108 valence electrons. The Morgan fingerprint density at radius 2 is 1.95 bits per heavy atom. The fourth-order valence-electron chi connectivity index (χ4n) is 1.48. The number of thiol groups is 1. The molecule has 0 saturated carbocycles. The van der Waals surface area contributed by atoms with Gasteiger partial charge < -0.3 is 10.1 Å². The summed E-state index contributed by atoms with van der Waals surface area (Å²) >= 11 is 3.53. The van der Waals surface area contributed by atoms with Crippen LogP contribution >= 0.6 is 12.6 Å². The highest BCUT2D eigenvalue weighted by atomic mass is 32.1. The van der Waals surface area contributed by atoms with Gasteiger partial charge in [-0.2, -0.15) is 12.6 Å². The molecule has 1 aliphatic rings. The van der Waals surface area contributed by atoms with E-state index in [0.29, 0.717) is 0 Å². The van der Waals surface area contributed by atoms with Gasteiger partial charge in [-0.25, -0.2) is 8.78 Å². The number of esters is 1. The Bertz CT molecular complexity index is 354. The second-order valence-electron chi connectivity index (χ2n) is 3.65. The molecule has 3 nitrogen and oxygen atoms in total. The molecule has 1 saturated heterocycles. The predicted octanol–water partition coefficient (Wildman–Crippen LogP) is 2.28. The van der Waals surface area contributed by atoms with Gasteiger partial charge in [-0.1, -0.05) is 6.07 Å². The molecule has 2 rings (SSSR count). The Morgan fingerprint density at radius 1 is 1.37 bits per heavy atom. The summed E-state index contributed by atoms with van der Waals surface area (Å²) in [6, 6.07) is 4.55. The molecule has 0 aliphatic carbocycles. The second-order valence-corrected chi connectivity index (χ2v) is 3.65. The Labute approximate surface area is 117 Å². The number of ether oxygens (including phenoxy) is 1. The van der Waals surface area contributed by atoms with E-state index >= 15 is 0 Å². The van der Waals surface area contributed by atoms with Crippen LogP contribution in [0.15, 0.2) is 24.3 Å². The third-order valence-electron chi connectivity index (χ3n) is 2.38. The lowest BCUT2D eigenvalue weighted by Gasteiger charge is -2.02. The van der Waals surface area contributed by atoms with E-state index in [9.17, 15) is 13.6 Å². The Hall–Kier alpha value is -1.14. The number of carbonyl (C=O) groups excluding carboxylic acids is 1.